The Morgan fingerprint density at radius 1 is 1.50 bits per heavy atom. The Hall–Kier alpha value is -0.970. The van der Waals surface area contributed by atoms with Gasteiger partial charge in [-0.3, -0.25) is 0 Å². The minimum absolute atomic E-state index is 0.484. The maximum Gasteiger partial charge on any atom is 0.197 e. The van der Waals surface area contributed by atoms with Gasteiger partial charge in [0, 0.05) is 6.54 Å². The van der Waals surface area contributed by atoms with Crippen LogP contribution in [0.5, 0.6) is 5.75 Å². The van der Waals surface area contributed by atoms with E-state index in [1.807, 2.05) is 6.92 Å². The zero-order valence-electron chi connectivity index (χ0n) is 10.2. The molecule has 1 aromatic heterocycles. The number of nitrogens with two attached hydrogens (primary N) is 1. The molecule has 0 bridgehead atoms. The molecule has 5 heteroatoms. The number of rotatable bonds is 7. The van der Waals surface area contributed by atoms with Gasteiger partial charge >= 0.3 is 0 Å². The predicted octanol–water partition coefficient (Wildman–Crippen LogP) is 2.97. The maximum atomic E-state index is 5.71. The molecule has 0 aliphatic carbocycles. The number of nitrogens with zero attached hydrogens (tertiary/aromatic N) is 1. The third kappa shape index (κ3) is 3.89. The van der Waals surface area contributed by atoms with E-state index in [9.17, 15) is 0 Å². The predicted molar refractivity (Wildman–Crippen MR) is 70.3 cm³/mol. The molecule has 1 heterocycles. The van der Waals surface area contributed by atoms with Crippen LogP contribution in [0.4, 0.5) is 10.8 Å². The van der Waals surface area contributed by atoms with Crippen molar-refractivity contribution in [1.82, 2.24) is 4.37 Å². The highest BCUT2D eigenvalue weighted by Crippen LogP contribution is 2.34. The highest BCUT2D eigenvalue weighted by atomic mass is 32.1. The second-order valence-electron chi connectivity index (χ2n) is 4.12. The fourth-order valence-corrected chi connectivity index (χ4v) is 2.09. The van der Waals surface area contributed by atoms with Gasteiger partial charge in [-0.1, -0.05) is 13.8 Å². The summed E-state index contributed by atoms with van der Waals surface area (Å²) in [5, 5.41) is 4.27. The minimum Gasteiger partial charge on any atom is -0.487 e. The fraction of sp³-hybridized carbons (Fsp3) is 0.727. The van der Waals surface area contributed by atoms with E-state index < -0.39 is 0 Å². The minimum atomic E-state index is 0.484. The van der Waals surface area contributed by atoms with E-state index in [-0.39, 0.29) is 0 Å². The molecule has 0 aromatic carbocycles. The Morgan fingerprint density at radius 3 is 2.88 bits per heavy atom. The zero-order valence-corrected chi connectivity index (χ0v) is 11.1. The lowest BCUT2D eigenvalue weighted by molar-refractivity contribution is 0.344. The van der Waals surface area contributed by atoms with E-state index in [1.54, 1.807) is 0 Å². The molecule has 0 aliphatic heterocycles. The lowest BCUT2D eigenvalue weighted by atomic mass is 10.1. The van der Waals surface area contributed by atoms with Gasteiger partial charge in [-0.15, -0.1) is 0 Å². The molecule has 1 rings (SSSR count). The van der Waals surface area contributed by atoms with Gasteiger partial charge in [0.2, 0.25) is 0 Å². The molecule has 92 valence electrons. The highest BCUT2D eigenvalue weighted by Gasteiger charge is 2.11. The van der Waals surface area contributed by atoms with Crippen molar-refractivity contribution >= 4 is 22.4 Å². The van der Waals surface area contributed by atoms with Crippen molar-refractivity contribution < 1.29 is 4.74 Å². The van der Waals surface area contributed by atoms with Gasteiger partial charge in [-0.05, 0) is 37.2 Å². The third-order valence-electron chi connectivity index (χ3n) is 2.21. The molecule has 0 aliphatic rings. The number of anilines is 2. The normalized spacial score (nSPS) is 10.8. The van der Waals surface area contributed by atoms with Gasteiger partial charge in [0.25, 0.3) is 0 Å². The molecule has 3 N–H and O–H groups in total. The van der Waals surface area contributed by atoms with E-state index in [0.29, 0.717) is 18.2 Å². The lowest BCUT2D eigenvalue weighted by Crippen LogP contribution is -2.04. The fourth-order valence-electron chi connectivity index (χ4n) is 1.40. The van der Waals surface area contributed by atoms with Crippen molar-refractivity contribution in [3.63, 3.8) is 0 Å². The summed E-state index contributed by atoms with van der Waals surface area (Å²) in [6.07, 6.45) is 2.38. The van der Waals surface area contributed by atoms with Crippen LogP contribution in [0, 0.1) is 5.92 Å². The van der Waals surface area contributed by atoms with E-state index in [0.717, 1.165) is 23.9 Å². The first-order valence-electron chi connectivity index (χ1n) is 5.77. The molecule has 16 heavy (non-hydrogen) atoms. The van der Waals surface area contributed by atoms with Crippen molar-refractivity contribution in [3.8, 4) is 5.75 Å². The molecular weight excluding hydrogens is 222 g/mol. The summed E-state index contributed by atoms with van der Waals surface area (Å²) in [6.45, 7) is 7.97. The van der Waals surface area contributed by atoms with Crippen LogP contribution < -0.4 is 15.8 Å². The van der Waals surface area contributed by atoms with E-state index in [2.05, 4.69) is 23.5 Å². The summed E-state index contributed by atoms with van der Waals surface area (Å²) in [6, 6.07) is 0. The topological polar surface area (TPSA) is 60.2 Å². The largest absolute Gasteiger partial charge is 0.487 e. The smallest absolute Gasteiger partial charge is 0.197 e. The molecule has 0 fully saturated rings. The first-order valence-corrected chi connectivity index (χ1v) is 6.54. The Kier molecular flexibility index (Phi) is 5.38. The summed E-state index contributed by atoms with van der Waals surface area (Å²) in [4.78, 5) is 0. The molecule has 0 atom stereocenters. The second-order valence-corrected chi connectivity index (χ2v) is 4.90. The third-order valence-corrected chi connectivity index (χ3v) is 3.01. The Bertz CT molecular complexity index is 312. The molecule has 0 unspecified atom stereocenters. The summed E-state index contributed by atoms with van der Waals surface area (Å²) >= 11 is 1.36. The number of aromatic nitrogens is 1. The van der Waals surface area contributed by atoms with Crippen molar-refractivity contribution in [2.75, 3.05) is 24.2 Å². The number of ether oxygens (including phenoxy) is 1. The molecule has 0 saturated heterocycles. The summed E-state index contributed by atoms with van der Waals surface area (Å²) in [7, 11) is 0. The van der Waals surface area contributed by atoms with Crippen LogP contribution in [-0.4, -0.2) is 17.5 Å². The molecule has 0 spiro atoms. The van der Waals surface area contributed by atoms with Gasteiger partial charge in [-0.2, -0.15) is 4.37 Å². The molecule has 1 aromatic rings. The second kappa shape index (κ2) is 6.58. The zero-order chi connectivity index (χ0) is 12.0. The van der Waals surface area contributed by atoms with Crippen molar-refractivity contribution in [2.24, 2.45) is 5.92 Å². The van der Waals surface area contributed by atoms with Crippen LogP contribution in [0.1, 0.15) is 33.6 Å². The van der Waals surface area contributed by atoms with Gasteiger partial charge in [0.05, 0.1) is 6.61 Å². The average Bonchev–Trinajstić information content (AvgIpc) is 2.56. The van der Waals surface area contributed by atoms with Gasteiger partial charge in [-0.25, -0.2) is 0 Å². The monoisotopic (exact) mass is 243 g/mol. The van der Waals surface area contributed by atoms with Crippen LogP contribution in [0.25, 0.3) is 0 Å². The van der Waals surface area contributed by atoms with Crippen molar-refractivity contribution in [1.29, 1.82) is 0 Å². The number of hydrogen-bond donors (Lipinski definition) is 2. The molecular formula is C11H21N3OS. The van der Waals surface area contributed by atoms with Crippen LogP contribution >= 0.6 is 11.5 Å². The van der Waals surface area contributed by atoms with Gasteiger partial charge < -0.3 is 15.8 Å². The SMILES string of the molecule is CCOc1c(N)nsc1NCCCC(C)C. The first kappa shape index (κ1) is 13.1. The number of hydrogen-bond acceptors (Lipinski definition) is 5. The molecule has 0 amide bonds. The van der Waals surface area contributed by atoms with Crippen LogP contribution in [0.3, 0.4) is 0 Å². The van der Waals surface area contributed by atoms with Crippen LogP contribution in [0.15, 0.2) is 0 Å². The first-order chi connectivity index (χ1) is 7.65. The van der Waals surface area contributed by atoms with Crippen molar-refractivity contribution in [2.45, 2.75) is 33.6 Å². The number of nitrogen functional groups attached to an aromatic ring is 1. The number of nitrogens with one attached hydrogen (secondary N) is 1. The molecule has 0 saturated carbocycles. The van der Waals surface area contributed by atoms with Crippen molar-refractivity contribution in [3.05, 3.63) is 0 Å². The lowest BCUT2D eigenvalue weighted by Gasteiger charge is -2.08. The Morgan fingerprint density at radius 2 is 2.25 bits per heavy atom. The Balaban J connectivity index is 2.41. The standard InChI is InChI=1S/C11H21N3OS/c1-4-15-9-10(12)14-16-11(9)13-7-5-6-8(2)3/h8,13H,4-7H2,1-3H3,(H2,12,14). The summed E-state index contributed by atoms with van der Waals surface area (Å²) in [5.41, 5.74) is 5.71. The quantitative estimate of drug-likeness (QED) is 0.723. The van der Waals surface area contributed by atoms with E-state index in [4.69, 9.17) is 10.5 Å². The molecule has 4 nitrogen and oxygen atoms in total. The summed E-state index contributed by atoms with van der Waals surface area (Å²) < 4.78 is 9.53. The summed E-state index contributed by atoms with van der Waals surface area (Å²) in [5.74, 6) is 1.94. The van der Waals surface area contributed by atoms with Gasteiger partial charge in [0.15, 0.2) is 16.6 Å². The van der Waals surface area contributed by atoms with Crippen LogP contribution in [-0.2, 0) is 0 Å². The van der Waals surface area contributed by atoms with Gasteiger partial charge in [0.1, 0.15) is 0 Å². The average molecular weight is 243 g/mol. The highest BCUT2D eigenvalue weighted by molar-refractivity contribution is 7.11. The van der Waals surface area contributed by atoms with E-state index in [1.165, 1.54) is 18.0 Å². The van der Waals surface area contributed by atoms with E-state index >= 15 is 0 Å². The maximum absolute atomic E-state index is 5.71. The molecule has 0 radical (unpaired) electrons. The Labute approximate surface area is 101 Å². The van der Waals surface area contributed by atoms with Crippen LogP contribution in [0.2, 0.25) is 0 Å².